The fraction of sp³-hybridized carbons (Fsp3) is 0.136. The Balaban J connectivity index is 1.45. The Morgan fingerprint density at radius 3 is 2.69 bits per heavy atom. The number of benzene rings is 2. The summed E-state index contributed by atoms with van der Waals surface area (Å²) in [4.78, 5) is 21.6. The molecular formula is C22H18N6O3S. The van der Waals surface area contributed by atoms with Gasteiger partial charge >= 0.3 is 0 Å². The summed E-state index contributed by atoms with van der Waals surface area (Å²) in [6, 6.07) is 14.8. The van der Waals surface area contributed by atoms with Crippen LogP contribution in [0.25, 0.3) is 5.69 Å². The first kappa shape index (κ1) is 20.0. The van der Waals surface area contributed by atoms with E-state index in [0.29, 0.717) is 33.8 Å². The Morgan fingerprint density at radius 2 is 1.88 bits per heavy atom. The summed E-state index contributed by atoms with van der Waals surface area (Å²) in [6.07, 6.45) is 3.36. The lowest BCUT2D eigenvalue weighted by molar-refractivity contribution is 0.102. The molecule has 0 aliphatic carbocycles. The third-order valence-corrected chi connectivity index (χ3v) is 5.65. The van der Waals surface area contributed by atoms with Crippen LogP contribution in [0.5, 0.6) is 11.5 Å². The van der Waals surface area contributed by atoms with Gasteiger partial charge in [-0.3, -0.25) is 4.79 Å². The highest BCUT2D eigenvalue weighted by Crippen LogP contribution is 2.34. The summed E-state index contributed by atoms with van der Waals surface area (Å²) in [5.41, 5.74) is 3.39. The van der Waals surface area contributed by atoms with Crippen molar-refractivity contribution in [1.29, 1.82) is 0 Å². The SMILES string of the molecule is Cc1ccc(-n2nnc(C(=O)Nc3ccc4c(c3)OCO4)c2CSc2ncccn2)cc1. The van der Waals surface area contributed by atoms with Crippen LogP contribution in [0.15, 0.2) is 66.1 Å². The molecule has 1 amide bonds. The average Bonchev–Trinajstić information content (AvgIpc) is 3.45. The van der Waals surface area contributed by atoms with E-state index in [1.165, 1.54) is 11.8 Å². The number of nitrogens with one attached hydrogen (secondary N) is 1. The molecule has 0 saturated heterocycles. The van der Waals surface area contributed by atoms with Crippen LogP contribution in [0, 0.1) is 6.92 Å². The monoisotopic (exact) mass is 446 g/mol. The maximum absolute atomic E-state index is 13.1. The summed E-state index contributed by atoms with van der Waals surface area (Å²) < 4.78 is 12.4. The van der Waals surface area contributed by atoms with E-state index >= 15 is 0 Å². The van der Waals surface area contributed by atoms with Gasteiger partial charge < -0.3 is 14.8 Å². The number of carbonyl (C=O) groups excluding carboxylic acids is 1. The summed E-state index contributed by atoms with van der Waals surface area (Å²) in [7, 11) is 0. The molecule has 0 bridgehead atoms. The lowest BCUT2D eigenvalue weighted by Gasteiger charge is -2.09. The third kappa shape index (κ3) is 4.12. The molecule has 1 N–H and O–H groups in total. The van der Waals surface area contributed by atoms with Gasteiger partial charge in [0.15, 0.2) is 22.3 Å². The highest BCUT2D eigenvalue weighted by atomic mass is 32.2. The number of thioether (sulfide) groups is 1. The number of anilines is 1. The second kappa shape index (κ2) is 8.67. The number of rotatable bonds is 6. The van der Waals surface area contributed by atoms with Crippen LogP contribution in [0.3, 0.4) is 0 Å². The number of aromatic nitrogens is 5. The molecular weight excluding hydrogens is 428 g/mol. The first-order valence-electron chi connectivity index (χ1n) is 9.80. The number of hydrogen-bond acceptors (Lipinski definition) is 8. The van der Waals surface area contributed by atoms with Gasteiger partial charge in [-0.25, -0.2) is 14.6 Å². The average molecular weight is 446 g/mol. The number of carbonyl (C=O) groups is 1. The Labute approximate surface area is 187 Å². The van der Waals surface area contributed by atoms with Gasteiger partial charge in [0.2, 0.25) is 6.79 Å². The van der Waals surface area contributed by atoms with Gasteiger partial charge in [-0.1, -0.05) is 34.7 Å². The first-order chi connectivity index (χ1) is 15.7. The number of aryl methyl sites for hydroxylation is 1. The molecule has 10 heteroatoms. The lowest BCUT2D eigenvalue weighted by Crippen LogP contribution is -2.15. The summed E-state index contributed by atoms with van der Waals surface area (Å²) >= 11 is 1.40. The quantitative estimate of drug-likeness (QED) is 0.354. The van der Waals surface area contributed by atoms with Crippen molar-refractivity contribution in [1.82, 2.24) is 25.0 Å². The minimum absolute atomic E-state index is 0.167. The molecule has 0 saturated carbocycles. The van der Waals surface area contributed by atoms with Crippen LogP contribution in [-0.4, -0.2) is 37.7 Å². The highest BCUT2D eigenvalue weighted by molar-refractivity contribution is 7.98. The van der Waals surface area contributed by atoms with Gasteiger partial charge in [0, 0.05) is 29.9 Å². The zero-order valence-electron chi connectivity index (χ0n) is 17.1. The fourth-order valence-electron chi connectivity index (χ4n) is 3.16. The number of nitrogens with zero attached hydrogens (tertiary/aromatic N) is 5. The van der Waals surface area contributed by atoms with Gasteiger partial charge in [-0.15, -0.1) is 5.10 Å². The normalized spacial score (nSPS) is 12.0. The lowest BCUT2D eigenvalue weighted by atomic mass is 10.2. The largest absolute Gasteiger partial charge is 0.454 e. The van der Waals surface area contributed by atoms with Crippen molar-refractivity contribution in [2.24, 2.45) is 0 Å². The number of amides is 1. The molecule has 5 rings (SSSR count). The molecule has 1 aliphatic rings. The summed E-state index contributed by atoms with van der Waals surface area (Å²) in [6.45, 7) is 2.18. The van der Waals surface area contributed by atoms with E-state index in [1.54, 1.807) is 41.3 Å². The number of fused-ring (bicyclic) bond motifs is 1. The standard InChI is InChI=1S/C22H18N6O3S/c1-14-3-6-16(7-4-14)28-17(12-32-22-23-9-2-10-24-22)20(26-27-28)21(29)25-15-5-8-18-19(11-15)31-13-30-18/h2-11H,12-13H2,1H3,(H,25,29). The van der Waals surface area contributed by atoms with Crippen LogP contribution < -0.4 is 14.8 Å². The Bertz CT molecular complexity index is 1260. The second-order valence-electron chi connectivity index (χ2n) is 6.97. The zero-order valence-corrected chi connectivity index (χ0v) is 17.9. The molecule has 0 atom stereocenters. The van der Waals surface area contributed by atoms with Crippen molar-refractivity contribution in [3.05, 3.63) is 77.9 Å². The molecule has 0 fully saturated rings. The molecule has 2 aromatic heterocycles. The van der Waals surface area contributed by atoms with E-state index in [1.807, 2.05) is 31.2 Å². The predicted molar refractivity (Wildman–Crippen MR) is 118 cm³/mol. The van der Waals surface area contributed by atoms with Crippen LogP contribution >= 0.6 is 11.8 Å². The van der Waals surface area contributed by atoms with Crippen molar-refractivity contribution in [3.8, 4) is 17.2 Å². The van der Waals surface area contributed by atoms with Crippen molar-refractivity contribution < 1.29 is 14.3 Å². The molecule has 160 valence electrons. The molecule has 1 aliphatic heterocycles. The van der Waals surface area contributed by atoms with Crippen LogP contribution in [0.2, 0.25) is 0 Å². The van der Waals surface area contributed by atoms with Gasteiger partial charge in [-0.2, -0.15) is 0 Å². The van der Waals surface area contributed by atoms with Gasteiger partial charge in [0.25, 0.3) is 5.91 Å². The van der Waals surface area contributed by atoms with E-state index in [2.05, 4.69) is 25.6 Å². The number of ether oxygens (including phenoxy) is 2. The Kier molecular flexibility index (Phi) is 5.42. The molecule has 0 radical (unpaired) electrons. The van der Waals surface area contributed by atoms with Crippen LogP contribution in [0.1, 0.15) is 21.7 Å². The highest BCUT2D eigenvalue weighted by Gasteiger charge is 2.22. The number of hydrogen-bond donors (Lipinski definition) is 1. The van der Waals surface area contributed by atoms with Crippen LogP contribution in [0.4, 0.5) is 5.69 Å². The molecule has 4 aromatic rings. The van der Waals surface area contributed by atoms with Gasteiger partial charge in [0.1, 0.15) is 0 Å². The fourth-order valence-corrected chi connectivity index (χ4v) is 3.95. The molecule has 32 heavy (non-hydrogen) atoms. The van der Waals surface area contributed by atoms with Crippen LogP contribution in [-0.2, 0) is 5.75 Å². The van der Waals surface area contributed by atoms with E-state index in [9.17, 15) is 4.79 Å². The van der Waals surface area contributed by atoms with Gasteiger partial charge in [0.05, 0.1) is 11.4 Å². The molecule has 9 nitrogen and oxygen atoms in total. The minimum atomic E-state index is -0.369. The molecule has 0 unspecified atom stereocenters. The molecule has 2 aromatic carbocycles. The summed E-state index contributed by atoms with van der Waals surface area (Å²) in [5, 5.41) is 11.9. The maximum atomic E-state index is 13.1. The Hall–Kier alpha value is -3.92. The zero-order chi connectivity index (χ0) is 21.9. The van der Waals surface area contributed by atoms with Gasteiger partial charge in [-0.05, 0) is 37.3 Å². The van der Waals surface area contributed by atoms with E-state index < -0.39 is 0 Å². The van der Waals surface area contributed by atoms with E-state index in [0.717, 1.165) is 11.3 Å². The van der Waals surface area contributed by atoms with Crippen molar-refractivity contribution in [3.63, 3.8) is 0 Å². The Morgan fingerprint density at radius 1 is 1.09 bits per heavy atom. The van der Waals surface area contributed by atoms with Crippen molar-refractivity contribution in [2.45, 2.75) is 17.8 Å². The van der Waals surface area contributed by atoms with Crippen molar-refractivity contribution in [2.75, 3.05) is 12.1 Å². The smallest absolute Gasteiger partial charge is 0.278 e. The topological polar surface area (TPSA) is 104 Å². The second-order valence-corrected chi connectivity index (χ2v) is 7.92. The minimum Gasteiger partial charge on any atom is -0.454 e. The van der Waals surface area contributed by atoms with E-state index in [-0.39, 0.29) is 18.4 Å². The first-order valence-corrected chi connectivity index (χ1v) is 10.8. The summed E-state index contributed by atoms with van der Waals surface area (Å²) in [5.74, 6) is 1.28. The molecule has 0 spiro atoms. The molecule has 3 heterocycles. The predicted octanol–water partition coefficient (Wildman–Crippen LogP) is 3.64. The third-order valence-electron chi connectivity index (χ3n) is 4.77. The van der Waals surface area contributed by atoms with E-state index in [4.69, 9.17) is 9.47 Å². The maximum Gasteiger partial charge on any atom is 0.278 e. The van der Waals surface area contributed by atoms with Crippen molar-refractivity contribution >= 4 is 23.4 Å².